The molecule has 0 unspecified atom stereocenters. The van der Waals surface area contributed by atoms with Crippen molar-refractivity contribution in [3.63, 3.8) is 0 Å². The molecule has 2 aromatic carbocycles. The third kappa shape index (κ3) is 4.36. The summed E-state index contributed by atoms with van der Waals surface area (Å²) in [5.74, 6) is -4.31. The molecule has 0 aliphatic heterocycles. The van der Waals surface area contributed by atoms with Crippen molar-refractivity contribution in [2.24, 2.45) is 0 Å². The molecule has 2 amide bonds. The van der Waals surface area contributed by atoms with Crippen molar-refractivity contribution < 1.29 is 31.5 Å². The summed E-state index contributed by atoms with van der Waals surface area (Å²) in [5.41, 5.74) is -0.178. The monoisotopic (exact) mass is 411 g/mol. The number of hydrogen-bond acceptors (Lipinski definition) is 2. The topological polar surface area (TPSA) is 74.0 Å². The second-order valence-electron chi connectivity index (χ2n) is 6.28. The van der Waals surface area contributed by atoms with Crippen LogP contribution >= 0.6 is 0 Å². The van der Waals surface area contributed by atoms with Gasteiger partial charge in [-0.15, -0.1) is 0 Å². The number of alkyl halides is 3. The molecule has 29 heavy (non-hydrogen) atoms. The maximum Gasteiger partial charge on any atom is 0.416 e. The van der Waals surface area contributed by atoms with Gasteiger partial charge in [-0.2, -0.15) is 13.2 Å². The first-order chi connectivity index (χ1) is 13.6. The lowest BCUT2D eigenvalue weighted by atomic mass is 10.1. The molecule has 0 radical (unpaired) electrons. The molecule has 1 heterocycles. The Hall–Kier alpha value is -3.43. The number of H-pyrrole nitrogens is 1. The van der Waals surface area contributed by atoms with Gasteiger partial charge in [0.2, 0.25) is 0 Å². The molecule has 0 aliphatic carbocycles. The van der Waals surface area contributed by atoms with E-state index in [0.29, 0.717) is 5.56 Å². The third-order valence-electron chi connectivity index (χ3n) is 4.26. The molecule has 5 nitrogen and oxygen atoms in total. The molecule has 152 valence electrons. The highest BCUT2D eigenvalue weighted by molar-refractivity contribution is 6.40. The smallest absolute Gasteiger partial charge is 0.359 e. The van der Waals surface area contributed by atoms with E-state index in [1.54, 1.807) is 0 Å². The van der Waals surface area contributed by atoms with E-state index in [1.165, 1.54) is 25.3 Å². The lowest BCUT2D eigenvalue weighted by molar-refractivity contribution is -0.137. The van der Waals surface area contributed by atoms with Crippen molar-refractivity contribution >= 4 is 28.4 Å². The average molecular weight is 411 g/mol. The zero-order valence-corrected chi connectivity index (χ0v) is 14.8. The summed E-state index contributed by atoms with van der Waals surface area (Å²) in [6.07, 6.45) is -3.21. The van der Waals surface area contributed by atoms with Gasteiger partial charge in [0.1, 0.15) is 0 Å². The molecule has 3 aromatic rings. The molecule has 10 heteroatoms. The fourth-order valence-corrected chi connectivity index (χ4v) is 2.71. The molecule has 0 fully saturated rings. The molecule has 0 bridgehead atoms. The Morgan fingerprint density at radius 3 is 2.24 bits per heavy atom. The molecular formula is C19H14F5N3O2. The Balaban J connectivity index is 1.68. The minimum absolute atomic E-state index is 0.0706. The fourth-order valence-electron chi connectivity index (χ4n) is 2.71. The summed E-state index contributed by atoms with van der Waals surface area (Å²) in [6.45, 7) is 1.50. The Morgan fingerprint density at radius 2 is 1.62 bits per heavy atom. The molecule has 0 saturated heterocycles. The van der Waals surface area contributed by atoms with Gasteiger partial charge in [0.05, 0.1) is 22.8 Å². The van der Waals surface area contributed by atoms with Crippen LogP contribution in [0, 0.1) is 11.6 Å². The predicted molar refractivity (Wildman–Crippen MR) is 94.8 cm³/mol. The highest BCUT2D eigenvalue weighted by Gasteiger charge is 2.30. The molecule has 0 saturated carbocycles. The molecule has 1 atom stereocenters. The SMILES string of the molecule is C[C@@H](NC(=O)C(=O)Nc1c[nH]c2cc(F)c(F)cc12)c1ccc(C(F)(F)F)cc1. The molecule has 0 spiro atoms. The summed E-state index contributed by atoms with van der Waals surface area (Å²) >= 11 is 0. The Labute approximate surface area is 160 Å². The van der Waals surface area contributed by atoms with E-state index in [9.17, 15) is 31.5 Å². The van der Waals surface area contributed by atoms with Crippen molar-refractivity contribution in [1.29, 1.82) is 0 Å². The van der Waals surface area contributed by atoms with Crippen molar-refractivity contribution in [2.45, 2.75) is 19.1 Å². The fraction of sp³-hybridized carbons (Fsp3) is 0.158. The van der Waals surface area contributed by atoms with Crippen molar-refractivity contribution in [1.82, 2.24) is 10.3 Å². The molecule has 3 rings (SSSR count). The number of carbonyl (C=O) groups is 2. The number of anilines is 1. The average Bonchev–Trinajstić information content (AvgIpc) is 3.03. The van der Waals surface area contributed by atoms with Gasteiger partial charge < -0.3 is 15.6 Å². The number of fused-ring (bicyclic) bond motifs is 1. The van der Waals surface area contributed by atoms with Crippen LogP contribution in [0.5, 0.6) is 0 Å². The number of aromatic amines is 1. The number of nitrogens with one attached hydrogen (secondary N) is 3. The molecule has 3 N–H and O–H groups in total. The summed E-state index contributed by atoms with van der Waals surface area (Å²) in [7, 11) is 0. The Bertz CT molecular complexity index is 1070. The van der Waals surface area contributed by atoms with Crippen molar-refractivity contribution in [2.75, 3.05) is 5.32 Å². The Kier molecular flexibility index (Phi) is 5.27. The zero-order chi connectivity index (χ0) is 21.3. The second kappa shape index (κ2) is 7.53. The summed E-state index contributed by atoms with van der Waals surface area (Å²) in [5, 5.41) is 4.80. The number of hydrogen-bond donors (Lipinski definition) is 3. The first kappa shape index (κ1) is 20.3. The predicted octanol–water partition coefficient (Wildman–Crippen LogP) is 4.28. The van der Waals surface area contributed by atoms with Crippen LogP contribution < -0.4 is 10.6 Å². The van der Waals surface area contributed by atoms with E-state index in [1.807, 2.05) is 0 Å². The number of benzene rings is 2. The van der Waals surface area contributed by atoms with E-state index in [2.05, 4.69) is 15.6 Å². The highest BCUT2D eigenvalue weighted by Crippen LogP contribution is 2.30. The number of aromatic nitrogens is 1. The second-order valence-corrected chi connectivity index (χ2v) is 6.28. The van der Waals surface area contributed by atoms with Crippen LogP contribution in [0.3, 0.4) is 0 Å². The minimum atomic E-state index is -4.48. The minimum Gasteiger partial charge on any atom is -0.359 e. The van der Waals surface area contributed by atoms with E-state index in [4.69, 9.17) is 0 Å². The van der Waals surface area contributed by atoms with Gasteiger partial charge in [-0.05, 0) is 30.7 Å². The molecule has 1 aromatic heterocycles. The van der Waals surface area contributed by atoms with Crippen LogP contribution in [0.1, 0.15) is 24.1 Å². The summed E-state index contributed by atoms with van der Waals surface area (Å²) in [4.78, 5) is 26.8. The quantitative estimate of drug-likeness (QED) is 0.445. The van der Waals surface area contributed by atoms with Gasteiger partial charge in [-0.3, -0.25) is 9.59 Å². The zero-order valence-electron chi connectivity index (χ0n) is 14.8. The van der Waals surface area contributed by atoms with Gasteiger partial charge in [0.25, 0.3) is 0 Å². The Morgan fingerprint density at radius 1 is 1.00 bits per heavy atom. The van der Waals surface area contributed by atoms with Gasteiger partial charge >= 0.3 is 18.0 Å². The van der Waals surface area contributed by atoms with Gasteiger partial charge in [0.15, 0.2) is 11.6 Å². The number of amides is 2. The largest absolute Gasteiger partial charge is 0.416 e. The van der Waals surface area contributed by atoms with Crippen LogP contribution in [0.2, 0.25) is 0 Å². The first-order valence-electron chi connectivity index (χ1n) is 8.31. The molecule has 0 aliphatic rings. The van der Waals surface area contributed by atoms with Crippen LogP contribution in [-0.4, -0.2) is 16.8 Å². The number of rotatable bonds is 3. The third-order valence-corrected chi connectivity index (χ3v) is 4.26. The van der Waals surface area contributed by atoms with Gasteiger partial charge in [-0.25, -0.2) is 8.78 Å². The van der Waals surface area contributed by atoms with Crippen LogP contribution in [0.15, 0.2) is 42.6 Å². The summed E-state index contributed by atoms with van der Waals surface area (Å²) in [6, 6.07) is 5.18. The molecular weight excluding hydrogens is 397 g/mol. The number of halogens is 5. The number of carbonyl (C=O) groups excluding carboxylic acids is 2. The van der Waals surface area contributed by atoms with Gasteiger partial charge in [0, 0.05) is 17.6 Å². The first-order valence-corrected chi connectivity index (χ1v) is 8.31. The lowest BCUT2D eigenvalue weighted by Gasteiger charge is -2.15. The maximum atomic E-state index is 13.4. The van der Waals surface area contributed by atoms with E-state index < -0.39 is 41.2 Å². The van der Waals surface area contributed by atoms with E-state index in [-0.39, 0.29) is 16.6 Å². The van der Waals surface area contributed by atoms with Crippen molar-refractivity contribution in [3.05, 3.63) is 65.4 Å². The lowest BCUT2D eigenvalue weighted by Crippen LogP contribution is -2.36. The van der Waals surface area contributed by atoms with E-state index in [0.717, 1.165) is 24.3 Å². The highest BCUT2D eigenvalue weighted by atomic mass is 19.4. The maximum absolute atomic E-state index is 13.4. The van der Waals surface area contributed by atoms with Crippen LogP contribution in [0.4, 0.5) is 27.6 Å². The van der Waals surface area contributed by atoms with Crippen LogP contribution in [-0.2, 0) is 15.8 Å². The van der Waals surface area contributed by atoms with Crippen molar-refractivity contribution in [3.8, 4) is 0 Å². The standard InChI is InChI=1S/C19H14F5N3O2/c1-9(10-2-4-11(5-3-10)19(22,23)24)26-17(28)18(29)27-16-8-25-15-7-14(21)13(20)6-12(15)16/h2-9,25H,1H3,(H,26,28)(H,27,29)/t9-/m1/s1. The normalized spacial score (nSPS) is 12.6. The summed E-state index contributed by atoms with van der Waals surface area (Å²) < 4.78 is 64.5. The van der Waals surface area contributed by atoms with E-state index >= 15 is 0 Å². The van der Waals surface area contributed by atoms with Gasteiger partial charge in [-0.1, -0.05) is 12.1 Å². The van der Waals surface area contributed by atoms with Crippen LogP contribution in [0.25, 0.3) is 10.9 Å².